The van der Waals surface area contributed by atoms with Gasteiger partial charge in [-0.3, -0.25) is 4.79 Å². The molecule has 0 aromatic rings. The minimum absolute atomic E-state index is 0.475. The monoisotopic (exact) mass is 196 g/mol. The predicted octanol–water partition coefficient (Wildman–Crippen LogP) is 3.09. The topological polar surface area (TPSA) is 37.3 Å². The first-order valence-corrected chi connectivity index (χ1v) is 5.24. The van der Waals surface area contributed by atoms with Crippen LogP contribution < -0.4 is 0 Å². The molecule has 0 aliphatic heterocycles. The van der Waals surface area contributed by atoms with Gasteiger partial charge in [0, 0.05) is 6.92 Å². The molecule has 2 nitrogen and oxygen atoms in total. The molecule has 2 unspecified atom stereocenters. The van der Waals surface area contributed by atoms with Gasteiger partial charge in [-0.25, -0.2) is 0 Å². The van der Waals surface area contributed by atoms with E-state index in [0.717, 1.165) is 18.8 Å². The van der Waals surface area contributed by atoms with Crippen LogP contribution in [0.4, 0.5) is 0 Å². The number of allylic oxidation sites excluding steroid dienone is 1. The van der Waals surface area contributed by atoms with Gasteiger partial charge in [-0.15, -0.1) is 0 Å². The van der Waals surface area contributed by atoms with Gasteiger partial charge in [0.25, 0.3) is 5.97 Å². The SMILES string of the molecule is C=C1C2CCC(C2)C1(C)C.CC(=O)O. The Hall–Kier alpha value is -0.790. The molecule has 80 valence electrons. The maximum atomic E-state index is 9.00. The molecular formula is C12H20O2. The number of rotatable bonds is 0. The van der Waals surface area contributed by atoms with Crippen LogP contribution in [0.1, 0.15) is 40.0 Å². The second-order valence-corrected chi connectivity index (χ2v) is 4.97. The molecule has 2 atom stereocenters. The number of carboxylic acids is 1. The van der Waals surface area contributed by atoms with Gasteiger partial charge in [-0.2, -0.15) is 0 Å². The molecule has 2 aliphatic carbocycles. The molecule has 0 radical (unpaired) electrons. The van der Waals surface area contributed by atoms with Crippen molar-refractivity contribution < 1.29 is 9.90 Å². The van der Waals surface area contributed by atoms with Gasteiger partial charge in [-0.05, 0) is 36.5 Å². The predicted molar refractivity (Wildman–Crippen MR) is 57.1 cm³/mol. The Morgan fingerprint density at radius 2 is 2.00 bits per heavy atom. The van der Waals surface area contributed by atoms with E-state index in [0.29, 0.717) is 5.41 Å². The number of fused-ring (bicyclic) bond motifs is 2. The third kappa shape index (κ3) is 1.99. The molecule has 2 rings (SSSR count). The van der Waals surface area contributed by atoms with E-state index < -0.39 is 5.97 Å². The fourth-order valence-corrected chi connectivity index (χ4v) is 2.74. The van der Waals surface area contributed by atoms with Gasteiger partial charge in [0.15, 0.2) is 0 Å². The normalized spacial score (nSPS) is 32.4. The summed E-state index contributed by atoms with van der Waals surface area (Å²) in [6.07, 6.45) is 4.31. The third-order valence-corrected chi connectivity index (χ3v) is 3.77. The molecule has 2 fully saturated rings. The van der Waals surface area contributed by atoms with Gasteiger partial charge in [0.1, 0.15) is 0 Å². The van der Waals surface area contributed by atoms with E-state index in [4.69, 9.17) is 9.90 Å². The summed E-state index contributed by atoms with van der Waals surface area (Å²) < 4.78 is 0. The molecular weight excluding hydrogens is 176 g/mol. The van der Waals surface area contributed by atoms with E-state index in [1.54, 1.807) is 0 Å². The van der Waals surface area contributed by atoms with E-state index >= 15 is 0 Å². The second-order valence-electron chi connectivity index (χ2n) is 4.97. The van der Waals surface area contributed by atoms with Crippen LogP contribution in [0.5, 0.6) is 0 Å². The Bertz CT molecular complexity index is 249. The summed E-state index contributed by atoms with van der Waals surface area (Å²) in [5, 5.41) is 7.42. The molecule has 0 aromatic carbocycles. The maximum Gasteiger partial charge on any atom is 0.300 e. The smallest absolute Gasteiger partial charge is 0.300 e. The van der Waals surface area contributed by atoms with Gasteiger partial charge in [-0.1, -0.05) is 26.0 Å². The number of hydrogen-bond acceptors (Lipinski definition) is 1. The molecule has 2 aliphatic rings. The first-order valence-electron chi connectivity index (χ1n) is 5.24. The van der Waals surface area contributed by atoms with Gasteiger partial charge < -0.3 is 5.11 Å². The Morgan fingerprint density at radius 3 is 2.21 bits per heavy atom. The summed E-state index contributed by atoms with van der Waals surface area (Å²) >= 11 is 0. The third-order valence-electron chi connectivity index (χ3n) is 3.77. The highest BCUT2D eigenvalue weighted by Crippen LogP contribution is 2.58. The van der Waals surface area contributed by atoms with E-state index in [9.17, 15) is 0 Å². The average Bonchev–Trinajstić information content (AvgIpc) is 2.54. The van der Waals surface area contributed by atoms with Crippen molar-refractivity contribution in [1.82, 2.24) is 0 Å². The number of carboxylic acid groups (broad SMARTS) is 1. The Kier molecular flexibility index (Phi) is 3.03. The zero-order chi connectivity index (χ0) is 10.9. The van der Waals surface area contributed by atoms with Crippen LogP contribution in [-0.4, -0.2) is 11.1 Å². The minimum atomic E-state index is -0.833. The molecule has 0 amide bonds. The second kappa shape index (κ2) is 3.76. The lowest BCUT2D eigenvalue weighted by Gasteiger charge is -2.31. The summed E-state index contributed by atoms with van der Waals surface area (Å²) in [6.45, 7) is 9.99. The summed E-state index contributed by atoms with van der Waals surface area (Å²) in [4.78, 5) is 9.00. The number of hydrogen-bond donors (Lipinski definition) is 1. The Morgan fingerprint density at radius 1 is 1.50 bits per heavy atom. The highest BCUT2D eigenvalue weighted by Gasteiger charge is 2.47. The van der Waals surface area contributed by atoms with Gasteiger partial charge in [0.05, 0.1) is 0 Å². The van der Waals surface area contributed by atoms with Crippen molar-refractivity contribution in [2.45, 2.75) is 40.0 Å². The zero-order valence-electron chi connectivity index (χ0n) is 9.34. The highest BCUT2D eigenvalue weighted by atomic mass is 16.4. The highest BCUT2D eigenvalue weighted by molar-refractivity contribution is 5.62. The van der Waals surface area contributed by atoms with Crippen molar-refractivity contribution in [3.8, 4) is 0 Å². The molecule has 2 saturated carbocycles. The summed E-state index contributed by atoms with van der Waals surface area (Å²) in [5.41, 5.74) is 2.01. The Labute approximate surface area is 86.0 Å². The van der Waals surface area contributed by atoms with E-state index in [1.807, 2.05) is 0 Å². The largest absolute Gasteiger partial charge is 0.481 e. The standard InChI is InChI=1S/C10H16.C2H4O2/c1-7-8-4-5-9(6-8)10(7,2)3;1-2(3)4/h8-9H,1,4-6H2,2-3H3;1H3,(H,3,4). The van der Waals surface area contributed by atoms with Crippen molar-refractivity contribution in [3.63, 3.8) is 0 Å². The molecule has 0 aromatic heterocycles. The van der Waals surface area contributed by atoms with Crippen LogP contribution in [0.15, 0.2) is 12.2 Å². The first kappa shape index (κ1) is 11.3. The summed E-state index contributed by atoms with van der Waals surface area (Å²) in [5.74, 6) is 1.02. The van der Waals surface area contributed by atoms with Crippen molar-refractivity contribution in [2.75, 3.05) is 0 Å². The molecule has 2 heteroatoms. The van der Waals surface area contributed by atoms with Crippen LogP contribution in [0.25, 0.3) is 0 Å². The van der Waals surface area contributed by atoms with Crippen molar-refractivity contribution in [2.24, 2.45) is 17.3 Å². The quantitative estimate of drug-likeness (QED) is 0.604. The van der Waals surface area contributed by atoms with Gasteiger partial charge in [0.2, 0.25) is 0 Å². The molecule has 2 bridgehead atoms. The lowest BCUT2D eigenvalue weighted by molar-refractivity contribution is -0.134. The average molecular weight is 196 g/mol. The van der Waals surface area contributed by atoms with Crippen molar-refractivity contribution >= 4 is 5.97 Å². The molecule has 0 spiro atoms. The van der Waals surface area contributed by atoms with Gasteiger partial charge >= 0.3 is 0 Å². The zero-order valence-corrected chi connectivity index (χ0v) is 9.34. The first-order chi connectivity index (χ1) is 6.35. The fraction of sp³-hybridized carbons (Fsp3) is 0.750. The van der Waals surface area contributed by atoms with E-state index in [1.165, 1.54) is 24.8 Å². The van der Waals surface area contributed by atoms with E-state index in [2.05, 4.69) is 20.4 Å². The fourth-order valence-electron chi connectivity index (χ4n) is 2.74. The van der Waals surface area contributed by atoms with Crippen LogP contribution in [0, 0.1) is 17.3 Å². The van der Waals surface area contributed by atoms with Crippen molar-refractivity contribution in [1.29, 1.82) is 0 Å². The minimum Gasteiger partial charge on any atom is -0.481 e. The lowest BCUT2D eigenvalue weighted by atomic mass is 9.73. The Balaban J connectivity index is 0.000000213. The summed E-state index contributed by atoms with van der Waals surface area (Å²) in [7, 11) is 0. The lowest BCUT2D eigenvalue weighted by Crippen LogP contribution is -2.21. The van der Waals surface area contributed by atoms with Crippen molar-refractivity contribution in [3.05, 3.63) is 12.2 Å². The molecule has 1 N–H and O–H groups in total. The van der Waals surface area contributed by atoms with Crippen LogP contribution in [0.3, 0.4) is 0 Å². The van der Waals surface area contributed by atoms with Crippen LogP contribution in [-0.2, 0) is 4.79 Å². The van der Waals surface area contributed by atoms with Crippen LogP contribution in [0.2, 0.25) is 0 Å². The maximum absolute atomic E-state index is 9.00. The summed E-state index contributed by atoms with van der Waals surface area (Å²) in [6, 6.07) is 0. The molecule has 0 saturated heterocycles. The number of aliphatic carboxylic acids is 1. The van der Waals surface area contributed by atoms with E-state index in [-0.39, 0.29) is 0 Å². The molecule has 0 heterocycles. The molecule has 14 heavy (non-hydrogen) atoms. The van der Waals surface area contributed by atoms with Crippen LogP contribution >= 0.6 is 0 Å². The number of carbonyl (C=O) groups is 1.